The lowest BCUT2D eigenvalue weighted by Gasteiger charge is -2.09. The monoisotopic (exact) mass is 258 g/mol. The molecule has 1 aromatic carbocycles. The van der Waals surface area contributed by atoms with E-state index in [-0.39, 0.29) is 5.78 Å². The van der Waals surface area contributed by atoms with Gasteiger partial charge in [-0.15, -0.1) is 0 Å². The first-order valence-corrected chi connectivity index (χ1v) is 7.31. The van der Waals surface area contributed by atoms with Gasteiger partial charge in [0.15, 0.2) is 5.78 Å². The molecule has 0 radical (unpaired) electrons. The van der Waals surface area contributed by atoms with E-state index in [0.29, 0.717) is 12.3 Å². The van der Waals surface area contributed by atoms with E-state index in [1.54, 1.807) is 0 Å². The van der Waals surface area contributed by atoms with Crippen molar-refractivity contribution in [2.45, 2.75) is 52.9 Å². The van der Waals surface area contributed by atoms with Crippen LogP contribution in [0.3, 0.4) is 0 Å². The number of Topliss-reactive ketones (excluding diaryl/α,β-unsaturated/α-hetero) is 1. The predicted octanol–water partition coefficient (Wildman–Crippen LogP) is 5.42. The Morgan fingerprint density at radius 3 is 2.47 bits per heavy atom. The normalized spacial score (nSPS) is 11.9. The van der Waals surface area contributed by atoms with E-state index in [1.807, 2.05) is 30.3 Å². The number of rotatable bonds is 8. The first-order valence-electron chi connectivity index (χ1n) is 7.31. The van der Waals surface area contributed by atoms with Crippen LogP contribution in [0.2, 0.25) is 0 Å². The van der Waals surface area contributed by atoms with Gasteiger partial charge < -0.3 is 0 Å². The summed E-state index contributed by atoms with van der Waals surface area (Å²) in [6.45, 7) is 6.57. The van der Waals surface area contributed by atoms with Crippen LogP contribution < -0.4 is 0 Å². The third kappa shape index (κ3) is 6.95. The molecule has 0 spiro atoms. The Bertz CT molecular complexity index is 399. The van der Waals surface area contributed by atoms with Gasteiger partial charge in [-0.1, -0.05) is 55.3 Å². The number of ketones is 1. The zero-order valence-electron chi connectivity index (χ0n) is 12.5. The minimum Gasteiger partial charge on any atom is -0.294 e. The fourth-order valence-electron chi connectivity index (χ4n) is 2.18. The second-order valence-corrected chi connectivity index (χ2v) is 5.65. The Hall–Kier alpha value is -1.37. The van der Waals surface area contributed by atoms with Gasteiger partial charge in [-0.3, -0.25) is 4.79 Å². The number of carbonyl (C=O) groups excluding carboxylic acids is 1. The summed E-state index contributed by atoms with van der Waals surface area (Å²) in [4.78, 5) is 11.9. The first-order chi connectivity index (χ1) is 9.09. The molecule has 0 aliphatic heterocycles. The van der Waals surface area contributed by atoms with E-state index in [0.717, 1.165) is 24.8 Å². The molecule has 0 heterocycles. The zero-order valence-corrected chi connectivity index (χ0v) is 12.5. The van der Waals surface area contributed by atoms with E-state index in [1.165, 1.54) is 12.0 Å². The molecule has 0 saturated carbocycles. The lowest BCUT2D eigenvalue weighted by Crippen LogP contribution is -2.01. The van der Waals surface area contributed by atoms with Crippen molar-refractivity contribution in [2.24, 2.45) is 5.92 Å². The van der Waals surface area contributed by atoms with Crippen molar-refractivity contribution < 1.29 is 4.79 Å². The maximum Gasteiger partial charge on any atom is 0.162 e. The molecule has 1 heteroatoms. The summed E-state index contributed by atoms with van der Waals surface area (Å²) in [7, 11) is 0. The molecular weight excluding hydrogens is 232 g/mol. The molecule has 0 N–H and O–H groups in total. The van der Waals surface area contributed by atoms with Crippen LogP contribution in [0, 0.1) is 5.92 Å². The van der Waals surface area contributed by atoms with Gasteiger partial charge in [0.1, 0.15) is 0 Å². The van der Waals surface area contributed by atoms with E-state index in [4.69, 9.17) is 0 Å². The summed E-state index contributed by atoms with van der Waals surface area (Å²) < 4.78 is 0. The highest BCUT2D eigenvalue weighted by atomic mass is 16.1. The highest BCUT2D eigenvalue weighted by Gasteiger charge is 2.06. The van der Waals surface area contributed by atoms with Gasteiger partial charge in [-0.05, 0) is 39.0 Å². The second kappa shape index (κ2) is 8.68. The first kappa shape index (κ1) is 15.7. The molecule has 1 unspecified atom stereocenters. The number of benzene rings is 1. The summed E-state index contributed by atoms with van der Waals surface area (Å²) in [5.41, 5.74) is 2.24. The number of hydrogen-bond donors (Lipinski definition) is 0. The maximum atomic E-state index is 11.9. The van der Waals surface area contributed by atoms with E-state index in [9.17, 15) is 4.79 Å². The van der Waals surface area contributed by atoms with Crippen molar-refractivity contribution >= 4 is 5.78 Å². The van der Waals surface area contributed by atoms with E-state index in [2.05, 4.69) is 26.8 Å². The molecule has 0 aliphatic rings. The van der Waals surface area contributed by atoms with Gasteiger partial charge in [-0.25, -0.2) is 0 Å². The summed E-state index contributed by atoms with van der Waals surface area (Å²) in [5, 5.41) is 0. The minimum absolute atomic E-state index is 0.275. The largest absolute Gasteiger partial charge is 0.294 e. The van der Waals surface area contributed by atoms with Crippen LogP contribution in [0.15, 0.2) is 42.0 Å². The molecule has 1 nitrogen and oxygen atoms in total. The molecule has 104 valence electrons. The van der Waals surface area contributed by atoms with Crippen molar-refractivity contribution in [1.82, 2.24) is 0 Å². The van der Waals surface area contributed by atoms with Crippen LogP contribution in [0.25, 0.3) is 0 Å². The third-order valence-corrected chi connectivity index (χ3v) is 3.41. The summed E-state index contributed by atoms with van der Waals surface area (Å²) >= 11 is 0. The molecule has 0 aromatic heterocycles. The molecule has 0 saturated heterocycles. The van der Waals surface area contributed by atoms with Crippen molar-refractivity contribution in [2.75, 3.05) is 0 Å². The van der Waals surface area contributed by atoms with Gasteiger partial charge in [0, 0.05) is 12.0 Å². The van der Waals surface area contributed by atoms with Crippen molar-refractivity contribution in [3.8, 4) is 0 Å². The fraction of sp³-hybridized carbons (Fsp3) is 0.500. The van der Waals surface area contributed by atoms with Crippen LogP contribution in [0.5, 0.6) is 0 Å². The summed E-state index contributed by atoms with van der Waals surface area (Å²) in [6, 6.07) is 9.60. The van der Waals surface area contributed by atoms with Gasteiger partial charge >= 0.3 is 0 Å². The zero-order chi connectivity index (χ0) is 14.1. The molecule has 19 heavy (non-hydrogen) atoms. The van der Waals surface area contributed by atoms with Crippen molar-refractivity contribution in [1.29, 1.82) is 0 Å². The van der Waals surface area contributed by atoms with Crippen LogP contribution in [-0.4, -0.2) is 5.78 Å². The Balaban J connectivity index is 2.20. The Kier molecular flexibility index (Phi) is 7.17. The quantitative estimate of drug-likeness (QED) is 0.449. The van der Waals surface area contributed by atoms with Crippen LogP contribution >= 0.6 is 0 Å². The SMILES string of the molecule is CC(C)=CCCC(C)CCCC(=O)c1ccccc1. The topological polar surface area (TPSA) is 17.1 Å². The lowest BCUT2D eigenvalue weighted by atomic mass is 9.96. The average molecular weight is 258 g/mol. The van der Waals surface area contributed by atoms with Crippen LogP contribution in [0.1, 0.15) is 63.2 Å². The number of carbonyl (C=O) groups is 1. The Morgan fingerprint density at radius 1 is 1.16 bits per heavy atom. The van der Waals surface area contributed by atoms with Gasteiger partial charge in [0.05, 0.1) is 0 Å². The average Bonchev–Trinajstić information content (AvgIpc) is 2.39. The van der Waals surface area contributed by atoms with Crippen molar-refractivity contribution in [3.05, 3.63) is 47.5 Å². The summed E-state index contributed by atoms with van der Waals surface area (Å²) in [5.74, 6) is 0.983. The minimum atomic E-state index is 0.275. The predicted molar refractivity (Wildman–Crippen MR) is 82.5 cm³/mol. The molecule has 1 rings (SSSR count). The molecule has 1 aromatic rings. The molecule has 1 atom stereocenters. The van der Waals surface area contributed by atoms with Gasteiger partial charge in [-0.2, -0.15) is 0 Å². The number of hydrogen-bond acceptors (Lipinski definition) is 1. The lowest BCUT2D eigenvalue weighted by molar-refractivity contribution is 0.0978. The van der Waals surface area contributed by atoms with Crippen molar-refractivity contribution in [3.63, 3.8) is 0 Å². The molecule has 0 amide bonds. The third-order valence-electron chi connectivity index (χ3n) is 3.41. The Morgan fingerprint density at radius 2 is 1.84 bits per heavy atom. The Labute approximate surface area is 117 Å². The highest BCUT2D eigenvalue weighted by Crippen LogP contribution is 2.16. The highest BCUT2D eigenvalue weighted by molar-refractivity contribution is 5.95. The van der Waals surface area contributed by atoms with E-state index < -0.39 is 0 Å². The van der Waals surface area contributed by atoms with Crippen LogP contribution in [0.4, 0.5) is 0 Å². The van der Waals surface area contributed by atoms with Crippen LogP contribution in [-0.2, 0) is 0 Å². The molecule has 0 bridgehead atoms. The standard InChI is InChI=1S/C18H26O/c1-15(2)9-7-10-16(3)11-8-14-18(19)17-12-5-4-6-13-17/h4-6,9,12-13,16H,7-8,10-11,14H2,1-3H3. The smallest absolute Gasteiger partial charge is 0.162 e. The molecule has 0 aliphatic carbocycles. The number of allylic oxidation sites excluding steroid dienone is 2. The molecular formula is C18H26O. The van der Waals surface area contributed by atoms with Gasteiger partial charge in [0.25, 0.3) is 0 Å². The maximum absolute atomic E-state index is 11.9. The molecule has 0 fully saturated rings. The summed E-state index contributed by atoms with van der Waals surface area (Å²) in [6.07, 6.45) is 7.52. The second-order valence-electron chi connectivity index (χ2n) is 5.65. The van der Waals surface area contributed by atoms with E-state index >= 15 is 0 Å². The fourth-order valence-corrected chi connectivity index (χ4v) is 2.18. The van der Waals surface area contributed by atoms with Gasteiger partial charge in [0.2, 0.25) is 0 Å².